The zero-order valence-electron chi connectivity index (χ0n) is 17.2. The second kappa shape index (κ2) is 8.45. The number of rotatable bonds is 4. The summed E-state index contributed by atoms with van der Waals surface area (Å²) >= 11 is 7.54. The number of halogens is 2. The van der Waals surface area contributed by atoms with Gasteiger partial charge in [-0.2, -0.15) is 5.26 Å². The lowest BCUT2D eigenvalue weighted by atomic mass is 9.76. The van der Waals surface area contributed by atoms with Crippen LogP contribution in [-0.4, -0.2) is 11.5 Å². The van der Waals surface area contributed by atoms with Gasteiger partial charge in [0.05, 0.1) is 22.6 Å². The average Bonchev–Trinajstić information content (AvgIpc) is 3.09. The highest BCUT2D eigenvalue weighted by Gasteiger charge is 2.42. The van der Waals surface area contributed by atoms with Gasteiger partial charge >= 0.3 is 0 Å². The van der Waals surface area contributed by atoms with Crippen molar-refractivity contribution in [3.63, 3.8) is 0 Å². The molecule has 4 rings (SSSR count). The van der Waals surface area contributed by atoms with Crippen LogP contribution in [0.1, 0.15) is 43.4 Å². The van der Waals surface area contributed by atoms with Crippen molar-refractivity contribution < 1.29 is 13.6 Å². The van der Waals surface area contributed by atoms with Gasteiger partial charge < -0.3 is 10.2 Å². The number of hydrogen-bond acceptors (Lipinski definition) is 6. The summed E-state index contributed by atoms with van der Waals surface area (Å²) in [6.07, 6.45) is 1.68. The SMILES string of the molecule is CCSc1oc(C)cc1C1C(C#N)=C(N)N(c2ccc(F)c(Cl)c2)C2=C1C(=O)CCC2. The number of thioether (sulfide) groups is 1. The lowest BCUT2D eigenvalue weighted by Gasteiger charge is -2.39. The van der Waals surface area contributed by atoms with E-state index >= 15 is 0 Å². The second-order valence-electron chi connectivity index (χ2n) is 7.45. The van der Waals surface area contributed by atoms with Crippen molar-refractivity contribution in [1.29, 1.82) is 5.26 Å². The maximum absolute atomic E-state index is 13.8. The maximum Gasteiger partial charge on any atom is 0.164 e. The Balaban J connectivity index is 1.97. The Morgan fingerprint density at radius 2 is 2.16 bits per heavy atom. The third kappa shape index (κ3) is 3.64. The first-order valence-electron chi connectivity index (χ1n) is 10.0. The fourth-order valence-corrected chi connectivity index (χ4v) is 5.24. The second-order valence-corrected chi connectivity index (χ2v) is 9.09. The zero-order valence-corrected chi connectivity index (χ0v) is 18.7. The van der Waals surface area contributed by atoms with Gasteiger partial charge in [0.25, 0.3) is 0 Å². The number of nitriles is 1. The number of Topliss-reactive ketones (excluding diaryl/α,β-unsaturated/α-hetero) is 1. The van der Waals surface area contributed by atoms with E-state index in [0.29, 0.717) is 41.4 Å². The lowest BCUT2D eigenvalue weighted by molar-refractivity contribution is -0.116. The number of hydrogen-bond donors (Lipinski definition) is 1. The molecule has 2 aliphatic rings. The van der Waals surface area contributed by atoms with Gasteiger partial charge in [0.2, 0.25) is 0 Å². The van der Waals surface area contributed by atoms with Crippen molar-refractivity contribution in [3.05, 3.63) is 69.1 Å². The van der Waals surface area contributed by atoms with Gasteiger partial charge in [0.15, 0.2) is 10.9 Å². The number of furan rings is 1. The summed E-state index contributed by atoms with van der Waals surface area (Å²) in [5, 5.41) is 10.7. The van der Waals surface area contributed by atoms with E-state index in [-0.39, 0.29) is 22.2 Å². The largest absolute Gasteiger partial charge is 0.455 e. The molecule has 0 radical (unpaired) electrons. The van der Waals surface area contributed by atoms with Crippen LogP contribution >= 0.6 is 23.4 Å². The molecule has 0 saturated carbocycles. The van der Waals surface area contributed by atoms with Crippen molar-refractivity contribution in [2.75, 3.05) is 10.7 Å². The van der Waals surface area contributed by atoms with Crippen LogP contribution in [0.5, 0.6) is 0 Å². The molecule has 8 heteroatoms. The van der Waals surface area contributed by atoms with Crippen LogP contribution in [0.3, 0.4) is 0 Å². The fourth-order valence-electron chi connectivity index (χ4n) is 4.27. The van der Waals surface area contributed by atoms with Crippen LogP contribution in [0.25, 0.3) is 0 Å². The summed E-state index contributed by atoms with van der Waals surface area (Å²) < 4.78 is 19.7. The van der Waals surface area contributed by atoms with Crippen molar-refractivity contribution in [3.8, 4) is 6.07 Å². The number of anilines is 1. The topological polar surface area (TPSA) is 83.3 Å². The number of benzene rings is 1. The molecule has 1 unspecified atom stereocenters. The van der Waals surface area contributed by atoms with Crippen LogP contribution in [0.4, 0.5) is 10.1 Å². The fraction of sp³-hybridized carbons (Fsp3) is 0.304. The summed E-state index contributed by atoms with van der Waals surface area (Å²) in [5.41, 5.74) is 9.38. The standard InChI is InChI=1S/C23H21ClFN3O2S/c1-3-31-23-14(9-12(2)30-23)20-15(11-26)22(27)28(13-7-8-17(25)16(24)10-13)18-5-4-6-19(29)21(18)20/h7-10,20H,3-6,27H2,1-2H3. The molecule has 31 heavy (non-hydrogen) atoms. The monoisotopic (exact) mass is 457 g/mol. The summed E-state index contributed by atoms with van der Waals surface area (Å²) in [4.78, 5) is 14.8. The molecule has 1 aliphatic heterocycles. The molecule has 1 aromatic carbocycles. The van der Waals surface area contributed by atoms with E-state index in [1.165, 1.54) is 23.9 Å². The average molecular weight is 458 g/mol. The van der Waals surface area contributed by atoms with Crippen molar-refractivity contribution in [2.24, 2.45) is 5.73 Å². The Bertz CT molecular complexity index is 1180. The lowest BCUT2D eigenvalue weighted by Crippen LogP contribution is -2.38. The zero-order chi connectivity index (χ0) is 22.3. The molecule has 2 heterocycles. The number of ketones is 1. The number of aryl methyl sites for hydroxylation is 1. The number of nitrogens with two attached hydrogens (primary N) is 1. The van der Waals surface area contributed by atoms with Crippen molar-refractivity contribution in [2.45, 2.75) is 44.1 Å². The molecular weight excluding hydrogens is 437 g/mol. The van der Waals surface area contributed by atoms with E-state index in [4.69, 9.17) is 21.8 Å². The van der Waals surface area contributed by atoms with Crippen LogP contribution in [-0.2, 0) is 4.79 Å². The van der Waals surface area contributed by atoms with Gasteiger partial charge in [-0.05, 0) is 49.8 Å². The molecule has 160 valence electrons. The van der Waals surface area contributed by atoms with Crippen molar-refractivity contribution >= 4 is 34.8 Å². The third-order valence-electron chi connectivity index (χ3n) is 5.51. The van der Waals surface area contributed by atoms with Crippen LogP contribution < -0.4 is 10.6 Å². The predicted molar refractivity (Wildman–Crippen MR) is 119 cm³/mol. The molecule has 5 nitrogen and oxygen atoms in total. The van der Waals surface area contributed by atoms with Gasteiger partial charge in [-0.1, -0.05) is 30.3 Å². The Morgan fingerprint density at radius 3 is 2.84 bits per heavy atom. The number of allylic oxidation sites excluding steroid dienone is 3. The molecule has 0 bridgehead atoms. The summed E-state index contributed by atoms with van der Waals surface area (Å²) in [6.45, 7) is 3.86. The summed E-state index contributed by atoms with van der Waals surface area (Å²) in [5.74, 6) is 0.554. The molecule has 2 aromatic rings. The predicted octanol–water partition coefficient (Wildman–Crippen LogP) is 5.80. The van der Waals surface area contributed by atoms with Crippen LogP contribution in [0.15, 0.2) is 56.4 Å². The van der Waals surface area contributed by atoms with E-state index in [9.17, 15) is 14.4 Å². The Hall–Kier alpha value is -2.69. The first kappa shape index (κ1) is 21.5. The van der Waals surface area contributed by atoms with Gasteiger partial charge in [-0.25, -0.2) is 4.39 Å². The summed E-state index contributed by atoms with van der Waals surface area (Å²) in [7, 11) is 0. The maximum atomic E-state index is 13.8. The highest BCUT2D eigenvalue weighted by molar-refractivity contribution is 7.99. The van der Waals surface area contributed by atoms with Crippen molar-refractivity contribution in [1.82, 2.24) is 0 Å². The molecule has 1 atom stereocenters. The smallest absolute Gasteiger partial charge is 0.164 e. The molecule has 1 aliphatic carbocycles. The Labute approximate surface area is 189 Å². The normalized spacial score (nSPS) is 19.0. The number of carbonyl (C=O) groups excluding carboxylic acids is 1. The first-order valence-corrected chi connectivity index (χ1v) is 11.4. The minimum absolute atomic E-state index is 0.0176. The molecule has 2 N–H and O–H groups in total. The molecule has 0 fully saturated rings. The van der Waals surface area contributed by atoms with E-state index in [0.717, 1.165) is 17.0 Å². The van der Waals surface area contributed by atoms with E-state index in [1.807, 2.05) is 19.9 Å². The van der Waals surface area contributed by atoms with Gasteiger partial charge in [0, 0.05) is 28.9 Å². The van der Waals surface area contributed by atoms with Gasteiger partial charge in [0.1, 0.15) is 17.4 Å². The Kier molecular flexibility index (Phi) is 5.87. The molecule has 0 spiro atoms. The third-order valence-corrected chi connectivity index (χ3v) is 6.67. The highest BCUT2D eigenvalue weighted by atomic mass is 35.5. The van der Waals surface area contributed by atoms with E-state index < -0.39 is 11.7 Å². The minimum Gasteiger partial charge on any atom is -0.455 e. The quantitative estimate of drug-likeness (QED) is 0.584. The first-order chi connectivity index (χ1) is 14.9. The molecular formula is C23H21ClFN3O2S. The minimum atomic E-state index is -0.591. The van der Waals surface area contributed by atoms with Crippen LogP contribution in [0.2, 0.25) is 5.02 Å². The molecule has 0 amide bonds. The van der Waals surface area contributed by atoms with Gasteiger partial charge in [-0.3, -0.25) is 9.69 Å². The number of carbonyl (C=O) groups is 1. The molecule has 0 saturated heterocycles. The highest BCUT2D eigenvalue weighted by Crippen LogP contribution is 2.49. The number of nitrogens with zero attached hydrogens (tertiary/aromatic N) is 2. The summed E-state index contributed by atoms with van der Waals surface area (Å²) in [6, 6.07) is 8.37. The van der Waals surface area contributed by atoms with E-state index in [1.54, 1.807) is 11.0 Å². The van der Waals surface area contributed by atoms with Crippen LogP contribution in [0, 0.1) is 24.1 Å². The van der Waals surface area contributed by atoms with E-state index in [2.05, 4.69) is 6.07 Å². The Morgan fingerprint density at radius 1 is 1.39 bits per heavy atom. The molecule has 1 aromatic heterocycles. The van der Waals surface area contributed by atoms with Gasteiger partial charge in [-0.15, -0.1) is 0 Å².